The van der Waals surface area contributed by atoms with Crippen molar-refractivity contribution in [2.45, 2.75) is 35.9 Å². The van der Waals surface area contributed by atoms with Crippen molar-refractivity contribution in [2.24, 2.45) is 0 Å². The van der Waals surface area contributed by atoms with Gasteiger partial charge in [0.15, 0.2) is 15.9 Å². The summed E-state index contributed by atoms with van der Waals surface area (Å²) in [6.45, 7) is 2.66. The zero-order valence-corrected chi connectivity index (χ0v) is 22.5. The van der Waals surface area contributed by atoms with E-state index in [4.69, 9.17) is 9.15 Å². The van der Waals surface area contributed by atoms with Crippen LogP contribution in [0.4, 0.5) is 9.52 Å². The van der Waals surface area contributed by atoms with E-state index in [0.717, 1.165) is 29.7 Å². The van der Waals surface area contributed by atoms with Crippen LogP contribution in [0.5, 0.6) is 5.75 Å². The number of hydrogen-bond donors (Lipinski definition) is 1. The Kier molecular flexibility index (Phi) is 8.08. The zero-order valence-electron chi connectivity index (χ0n) is 20.9. The first-order valence-electron chi connectivity index (χ1n) is 12.2. The minimum Gasteiger partial charge on any atom is -0.503 e. The first-order valence-corrected chi connectivity index (χ1v) is 14.0. The predicted octanol–water partition coefficient (Wildman–Crippen LogP) is 6.52. The minimum absolute atomic E-state index is 0.00326. The van der Waals surface area contributed by atoms with Crippen LogP contribution in [0.2, 0.25) is 0 Å². The molecule has 3 heterocycles. The van der Waals surface area contributed by atoms with Crippen molar-refractivity contribution in [2.75, 3.05) is 11.5 Å². The summed E-state index contributed by atoms with van der Waals surface area (Å²) >= 11 is 2.54. The summed E-state index contributed by atoms with van der Waals surface area (Å²) in [4.78, 5) is 28.0. The van der Waals surface area contributed by atoms with Crippen LogP contribution in [0, 0.1) is 5.82 Å². The number of aliphatic hydroxyl groups is 1. The number of hydrogen-bond acceptors (Lipinski definition) is 9. The highest BCUT2D eigenvalue weighted by molar-refractivity contribution is 8.00. The number of amides is 1. The average molecular weight is 566 g/mol. The molecule has 1 N–H and O–H groups in total. The second-order valence-electron chi connectivity index (χ2n) is 8.68. The fraction of sp³-hybridized carbons (Fsp3) is 0.214. The smallest absolute Gasteiger partial charge is 0.296 e. The highest BCUT2D eigenvalue weighted by atomic mass is 32.2. The van der Waals surface area contributed by atoms with Crippen LogP contribution < -0.4 is 9.64 Å². The van der Waals surface area contributed by atoms with Gasteiger partial charge in [-0.05, 0) is 53.9 Å². The van der Waals surface area contributed by atoms with Crippen molar-refractivity contribution in [3.63, 3.8) is 0 Å². The topological polar surface area (TPSA) is 106 Å². The minimum atomic E-state index is -0.956. The van der Waals surface area contributed by atoms with Crippen molar-refractivity contribution < 1.29 is 28.2 Å². The number of ketones is 1. The lowest BCUT2D eigenvalue weighted by Crippen LogP contribution is -2.31. The molecule has 0 radical (unpaired) electrons. The first-order chi connectivity index (χ1) is 19.0. The van der Waals surface area contributed by atoms with Gasteiger partial charge in [-0.25, -0.2) is 4.39 Å². The normalized spacial score (nSPS) is 15.3. The molecule has 2 aromatic heterocycles. The fourth-order valence-electron chi connectivity index (χ4n) is 4.06. The van der Waals surface area contributed by atoms with Crippen LogP contribution in [0.1, 0.15) is 47.5 Å². The van der Waals surface area contributed by atoms with Crippen molar-refractivity contribution in [3.8, 4) is 5.75 Å². The Bertz CT molecular complexity index is 1480. The van der Waals surface area contributed by atoms with E-state index in [1.165, 1.54) is 41.1 Å². The zero-order chi connectivity index (χ0) is 27.4. The van der Waals surface area contributed by atoms with Crippen LogP contribution in [0.15, 0.2) is 87.0 Å². The quantitative estimate of drug-likeness (QED) is 0.0948. The van der Waals surface area contributed by atoms with E-state index in [0.29, 0.717) is 28.0 Å². The van der Waals surface area contributed by atoms with E-state index in [1.807, 2.05) is 0 Å². The number of nitrogens with zero attached hydrogens (tertiary/aromatic N) is 3. The molecule has 1 aliphatic rings. The molecule has 1 amide bonds. The van der Waals surface area contributed by atoms with Gasteiger partial charge in [-0.15, -0.1) is 10.2 Å². The molecular formula is C28H24FN3O5S2. The molecule has 2 aromatic carbocycles. The summed E-state index contributed by atoms with van der Waals surface area (Å²) < 4.78 is 24.8. The van der Waals surface area contributed by atoms with Gasteiger partial charge in [0, 0.05) is 5.75 Å². The van der Waals surface area contributed by atoms with Gasteiger partial charge in [-0.1, -0.05) is 60.7 Å². The van der Waals surface area contributed by atoms with Crippen molar-refractivity contribution in [1.82, 2.24) is 10.2 Å². The number of carbonyl (C=O) groups excluding carboxylic acids is 2. The monoisotopic (exact) mass is 565 g/mol. The molecule has 11 heteroatoms. The van der Waals surface area contributed by atoms with Gasteiger partial charge in [-0.2, -0.15) is 0 Å². The summed E-state index contributed by atoms with van der Waals surface area (Å²) in [5.74, 6) is -1.15. The third kappa shape index (κ3) is 5.74. The molecule has 0 spiro atoms. The van der Waals surface area contributed by atoms with Gasteiger partial charge in [0.25, 0.3) is 5.91 Å². The lowest BCUT2D eigenvalue weighted by Gasteiger charge is -2.24. The number of unbranched alkanes of at least 4 members (excludes halogenated alkanes) is 1. The summed E-state index contributed by atoms with van der Waals surface area (Å²) in [7, 11) is 0. The highest BCUT2D eigenvalue weighted by Gasteiger charge is 2.46. The Balaban J connectivity index is 1.45. The van der Waals surface area contributed by atoms with Gasteiger partial charge >= 0.3 is 0 Å². The maximum absolute atomic E-state index is 13.4. The molecule has 4 aromatic rings. The van der Waals surface area contributed by atoms with E-state index in [-0.39, 0.29) is 22.3 Å². The molecule has 0 bridgehead atoms. The van der Waals surface area contributed by atoms with Crippen LogP contribution in [0.3, 0.4) is 0 Å². The largest absolute Gasteiger partial charge is 0.503 e. The molecule has 5 rings (SSSR count). The standard InChI is InChI=1S/C28H24FN3O5S2/c1-2-3-14-36-20-12-8-18(9-13-20)23-22(24(33)21-5-4-15-37-21)25(34)26(35)32(23)27-30-31-28(39-27)38-16-17-6-10-19(29)11-7-17/h4-13,15,23,34H,2-3,14,16H2,1H3. The summed E-state index contributed by atoms with van der Waals surface area (Å²) in [6, 6.07) is 15.3. The highest BCUT2D eigenvalue weighted by Crippen LogP contribution is 2.44. The number of rotatable bonds is 11. The third-order valence-corrected chi connectivity index (χ3v) is 8.16. The predicted molar refractivity (Wildman–Crippen MR) is 146 cm³/mol. The van der Waals surface area contributed by atoms with Gasteiger partial charge in [0.2, 0.25) is 10.9 Å². The molecule has 39 heavy (non-hydrogen) atoms. The second-order valence-corrected chi connectivity index (χ2v) is 10.9. The van der Waals surface area contributed by atoms with Crippen molar-refractivity contribution in [1.29, 1.82) is 0 Å². The van der Waals surface area contributed by atoms with Gasteiger partial charge in [0.05, 0.1) is 24.5 Å². The molecule has 0 saturated heterocycles. The Morgan fingerprint density at radius 3 is 2.62 bits per heavy atom. The Morgan fingerprint density at radius 1 is 1.15 bits per heavy atom. The number of anilines is 1. The van der Waals surface area contributed by atoms with Gasteiger partial charge < -0.3 is 14.3 Å². The molecule has 8 nitrogen and oxygen atoms in total. The Labute approximate surface area is 232 Å². The third-order valence-electron chi connectivity index (χ3n) is 6.04. The van der Waals surface area contributed by atoms with E-state index < -0.39 is 23.5 Å². The average Bonchev–Trinajstić information content (AvgIpc) is 3.70. The molecular weight excluding hydrogens is 541 g/mol. The number of ether oxygens (including phenoxy) is 1. The number of furan rings is 1. The van der Waals surface area contributed by atoms with Gasteiger partial charge in [-0.3, -0.25) is 14.5 Å². The molecule has 200 valence electrons. The lowest BCUT2D eigenvalue weighted by molar-refractivity contribution is -0.117. The SMILES string of the molecule is CCCCOc1ccc(C2C(C(=O)c3ccco3)=C(O)C(=O)N2c2nnc(SCc3ccc(F)cc3)s2)cc1. The van der Waals surface area contributed by atoms with E-state index >= 15 is 0 Å². The number of halogens is 1. The van der Waals surface area contributed by atoms with Crippen LogP contribution in [-0.2, 0) is 10.5 Å². The Hall–Kier alpha value is -3.96. The fourth-order valence-corrected chi connectivity index (χ4v) is 5.88. The first kappa shape index (κ1) is 26.6. The maximum atomic E-state index is 13.4. The molecule has 0 saturated carbocycles. The summed E-state index contributed by atoms with van der Waals surface area (Å²) in [5.41, 5.74) is 1.38. The number of carbonyl (C=O) groups is 2. The second kappa shape index (κ2) is 11.8. The number of aromatic nitrogens is 2. The maximum Gasteiger partial charge on any atom is 0.296 e. The molecule has 0 fully saturated rings. The lowest BCUT2D eigenvalue weighted by atomic mass is 9.95. The molecule has 1 aliphatic heterocycles. The van der Waals surface area contributed by atoms with Crippen molar-refractivity contribution >= 4 is 39.9 Å². The number of thioether (sulfide) groups is 1. The summed E-state index contributed by atoms with van der Waals surface area (Å²) in [6.07, 6.45) is 3.28. The number of Topliss-reactive ketones (excluding diaryl/α,β-unsaturated/α-hetero) is 1. The Morgan fingerprint density at radius 2 is 1.92 bits per heavy atom. The van der Waals surface area contributed by atoms with E-state index in [1.54, 1.807) is 42.5 Å². The molecule has 1 unspecified atom stereocenters. The number of benzene rings is 2. The van der Waals surface area contributed by atoms with Crippen LogP contribution in [-0.4, -0.2) is 33.6 Å². The van der Waals surface area contributed by atoms with E-state index in [2.05, 4.69) is 17.1 Å². The van der Waals surface area contributed by atoms with Crippen LogP contribution in [0.25, 0.3) is 0 Å². The van der Waals surface area contributed by atoms with Gasteiger partial charge in [0.1, 0.15) is 11.6 Å². The van der Waals surface area contributed by atoms with Crippen molar-refractivity contribution in [3.05, 3.63) is 101 Å². The van der Waals surface area contributed by atoms with Crippen LogP contribution >= 0.6 is 23.1 Å². The molecule has 1 atom stereocenters. The van der Waals surface area contributed by atoms with E-state index in [9.17, 15) is 19.1 Å². The number of aliphatic hydroxyl groups excluding tert-OH is 1. The summed E-state index contributed by atoms with van der Waals surface area (Å²) in [5, 5.41) is 19.5. The molecule has 0 aliphatic carbocycles.